The molecule has 0 unspecified atom stereocenters. The van der Waals surface area contributed by atoms with Crippen molar-refractivity contribution in [2.45, 2.75) is 6.92 Å². The van der Waals surface area contributed by atoms with Gasteiger partial charge in [-0.15, -0.1) is 0 Å². The van der Waals surface area contributed by atoms with E-state index in [0.29, 0.717) is 22.7 Å². The number of aromatic nitrogens is 2. The molecule has 0 aliphatic carbocycles. The number of aromatic amines is 1. The van der Waals surface area contributed by atoms with E-state index >= 15 is 0 Å². The van der Waals surface area contributed by atoms with Crippen LogP contribution in [0.1, 0.15) is 17.0 Å². The molecule has 33 heavy (non-hydrogen) atoms. The van der Waals surface area contributed by atoms with E-state index in [4.69, 9.17) is 4.74 Å². The summed E-state index contributed by atoms with van der Waals surface area (Å²) in [6.45, 7) is 1.97. The topological polar surface area (TPSA) is 148 Å². The summed E-state index contributed by atoms with van der Waals surface area (Å²) in [4.78, 5) is 28.3. The Bertz CT molecular complexity index is 1470. The predicted octanol–water partition coefficient (Wildman–Crippen LogP) is 5.54. The third kappa shape index (κ3) is 4.52. The molecule has 0 radical (unpaired) electrons. The number of hydrogen-bond acceptors (Lipinski definition) is 7. The van der Waals surface area contributed by atoms with Gasteiger partial charge in [0.2, 0.25) is 5.75 Å². The molecular weight excluding hydrogens is 426 g/mol. The summed E-state index contributed by atoms with van der Waals surface area (Å²) < 4.78 is 5.56. The number of nitrogens with one attached hydrogen (secondary N) is 1. The molecule has 0 spiro atoms. The van der Waals surface area contributed by atoms with Gasteiger partial charge in [-0.2, -0.15) is 5.26 Å². The number of fused-ring (bicyclic) bond motifs is 1. The molecule has 0 amide bonds. The Balaban J connectivity index is 1.59. The molecule has 0 saturated carbocycles. The lowest BCUT2D eigenvalue weighted by Gasteiger charge is -2.06. The number of allylic oxidation sites excluding steroid dienone is 1. The smallest absolute Gasteiger partial charge is 0.318 e. The quantitative estimate of drug-likeness (QED) is 0.234. The van der Waals surface area contributed by atoms with Crippen LogP contribution >= 0.6 is 0 Å². The molecule has 0 atom stereocenters. The van der Waals surface area contributed by atoms with Gasteiger partial charge in [0, 0.05) is 6.07 Å². The second-order valence-electron chi connectivity index (χ2n) is 7.11. The molecule has 1 heterocycles. The van der Waals surface area contributed by atoms with Crippen LogP contribution in [0.3, 0.4) is 0 Å². The second kappa shape index (κ2) is 8.60. The van der Waals surface area contributed by atoms with Crippen LogP contribution in [0.15, 0.2) is 60.7 Å². The first-order chi connectivity index (χ1) is 15.8. The molecule has 4 aromatic rings. The molecule has 0 aliphatic heterocycles. The van der Waals surface area contributed by atoms with Gasteiger partial charge in [-0.25, -0.2) is 4.98 Å². The summed E-state index contributed by atoms with van der Waals surface area (Å²) >= 11 is 0. The van der Waals surface area contributed by atoms with Crippen molar-refractivity contribution in [2.24, 2.45) is 0 Å². The molecule has 10 heteroatoms. The van der Waals surface area contributed by atoms with E-state index in [2.05, 4.69) is 16.0 Å². The third-order valence-corrected chi connectivity index (χ3v) is 4.78. The van der Waals surface area contributed by atoms with Crippen LogP contribution in [0.5, 0.6) is 11.5 Å². The summed E-state index contributed by atoms with van der Waals surface area (Å²) in [6.07, 6.45) is 1.66. The summed E-state index contributed by atoms with van der Waals surface area (Å²) in [6, 6.07) is 17.6. The lowest BCUT2D eigenvalue weighted by molar-refractivity contribution is -0.394. The molecule has 3 aromatic carbocycles. The number of ether oxygens (including phenoxy) is 1. The first kappa shape index (κ1) is 21.2. The second-order valence-corrected chi connectivity index (χ2v) is 7.11. The average Bonchev–Trinajstić information content (AvgIpc) is 3.21. The summed E-state index contributed by atoms with van der Waals surface area (Å²) in [5, 5.41) is 31.7. The fraction of sp³-hybridized carbons (Fsp3) is 0.0435. The van der Waals surface area contributed by atoms with Crippen LogP contribution < -0.4 is 4.74 Å². The van der Waals surface area contributed by atoms with Crippen molar-refractivity contribution in [3.63, 3.8) is 0 Å². The Morgan fingerprint density at radius 1 is 1.06 bits per heavy atom. The first-order valence-corrected chi connectivity index (χ1v) is 9.63. The number of nitriles is 1. The number of aryl methyl sites for hydroxylation is 1. The van der Waals surface area contributed by atoms with Gasteiger partial charge in [-0.05, 0) is 54.5 Å². The normalized spacial score (nSPS) is 11.2. The molecular formula is C23H15N5O5. The van der Waals surface area contributed by atoms with E-state index in [1.807, 2.05) is 25.1 Å². The fourth-order valence-electron chi connectivity index (χ4n) is 3.18. The van der Waals surface area contributed by atoms with E-state index in [1.54, 1.807) is 30.3 Å². The first-order valence-electron chi connectivity index (χ1n) is 9.63. The Hall–Kier alpha value is -5.04. The molecule has 1 aromatic heterocycles. The van der Waals surface area contributed by atoms with Crippen LogP contribution in [-0.4, -0.2) is 19.8 Å². The number of hydrogen-bond donors (Lipinski definition) is 1. The van der Waals surface area contributed by atoms with Crippen molar-refractivity contribution in [2.75, 3.05) is 0 Å². The van der Waals surface area contributed by atoms with Crippen LogP contribution in [0.4, 0.5) is 11.4 Å². The molecule has 1 N–H and O–H groups in total. The molecule has 0 fully saturated rings. The Labute approximate surface area is 186 Å². The van der Waals surface area contributed by atoms with E-state index in [9.17, 15) is 25.5 Å². The number of non-ortho nitro benzene ring substituents is 1. The van der Waals surface area contributed by atoms with Gasteiger partial charge < -0.3 is 9.72 Å². The number of nitro benzene ring substituents is 2. The molecule has 0 bridgehead atoms. The fourth-order valence-corrected chi connectivity index (χ4v) is 3.18. The van der Waals surface area contributed by atoms with Gasteiger partial charge in [-0.1, -0.05) is 18.2 Å². The monoisotopic (exact) mass is 441 g/mol. The standard InChI is InChI=1S/C23H15N5O5/c1-14-2-8-19-20(10-14)26-23(25-19)16(13-24)11-15-3-6-18(7-4-15)33-22-9-5-17(27(29)30)12-21(22)28(31)32/h2-12H,1H3,(H,25,26). The average molecular weight is 441 g/mol. The third-order valence-electron chi connectivity index (χ3n) is 4.78. The molecule has 4 rings (SSSR count). The Morgan fingerprint density at radius 2 is 1.82 bits per heavy atom. The van der Waals surface area contributed by atoms with Crippen molar-refractivity contribution in [1.82, 2.24) is 9.97 Å². The number of imidazole rings is 1. The molecule has 0 saturated heterocycles. The number of benzene rings is 3. The van der Waals surface area contributed by atoms with E-state index in [1.165, 1.54) is 6.07 Å². The zero-order chi connectivity index (χ0) is 23.5. The maximum atomic E-state index is 11.3. The zero-order valence-corrected chi connectivity index (χ0v) is 17.2. The van der Waals surface area contributed by atoms with Gasteiger partial charge >= 0.3 is 5.69 Å². The highest BCUT2D eigenvalue weighted by atomic mass is 16.6. The number of nitro groups is 2. The highest BCUT2D eigenvalue weighted by Crippen LogP contribution is 2.34. The Kier molecular flexibility index (Phi) is 5.53. The van der Waals surface area contributed by atoms with Gasteiger partial charge in [0.1, 0.15) is 17.6 Å². The summed E-state index contributed by atoms with van der Waals surface area (Å²) in [5.41, 5.74) is 2.77. The maximum Gasteiger partial charge on any atom is 0.318 e. The van der Waals surface area contributed by atoms with Gasteiger partial charge in [0.25, 0.3) is 5.69 Å². The zero-order valence-electron chi connectivity index (χ0n) is 17.2. The van der Waals surface area contributed by atoms with Crippen LogP contribution in [0.2, 0.25) is 0 Å². The minimum absolute atomic E-state index is 0.121. The molecule has 10 nitrogen and oxygen atoms in total. The summed E-state index contributed by atoms with van der Waals surface area (Å²) in [7, 11) is 0. The Morgan fingerprint density at radius 3 is 2.48 bits per heavy atom. The van der Waals surface area contributed by atoms with Gasteiger partial charge in [0.05, 0.1) is 32.5 Å². The van der Waals surface area contributed by atoms with Gasteiger partial charge in [-0.3, -0.25) is 20.2 Å². The van der Waals surface area contributed by atoms with Crippen molar-refractivity contribution in [1.29, 1.82) is 5.26 Å². The van der Waals surface area contributed by atoms with E-state index in [-0.39, 0.29) is 5.75 Å². The number of rotatable bonds is 6. The lowest BCUT2D eigenvalue weighted by atomic mass is 10.1. The van der Waals surface area contributed by atoms with Crippen molar-refractivity contribution in [3.05, 3.63) is 97.8 Å². The van der Waals surface area contributed by atoms with Crippen molar-refractivity contribution < 1.29 is 14.6 Å². The number of nitrogens with zero attached hydrogens (tertiary/aromatic N) is 4. The lowest BCUT2D eigenvalue weighted by Crippen LogP contribution is -1.96. The van der Waals surface area contributed by atoms with Crippen LogP contribution in [0, 0.1) is 38.5 Å². The van der Waals surface area contributed by atoms with Gasteiger partial charge in [0.15, 0.2) is 0 Å². The minimum Gasteiger partial charge on any atom is -0.450 e. The van der Waals surface area contributed by atoms with Crippen molar-refractivity contribution in [3.8, 4) is 17.6 Å². The minimum atomic E-state index is -0.743. The predicted molar refractivity (Wildman–Crippen MR) is 121 cm³/mol. The largest absolute Gasteiger partial charge is 0.450 e. The summed E-state index contributed by atoms with van der Waals surface area (Å²) in [5.74, 6) is 0.617. The van der Waals surface area contributed by atoms with E-state index in [0.717, 1.165) is 28.7 Å². The number of H-pyrrole nitrogens is 1. The molecule has 162 valence electrons. The SMILES string of the molecule is Cc1ccc2nc(C(C#N)=Cc3ccc(Oc4ccc([N+](=O)[O-])cc4[N+](=O)[O-])cc3)[nH]c2c1. The molecule has 0 aliphatic rings. The highest BCUT2D eigenvalue weighted by molar-refractivity contribution is 5.90. The maximum absolute atomic E-state index is 11.3. The van der Waals surface area contributed by atoms with Crippen LogP contribution in [-0.2, 0) is 0 Å². The van der Waals surface area contributed by atoms with E-state index < -0.39 is 21.2 Å². The van der Waals surface area contributed by atoms with Crippen LogP contribution in [0.25, 0.3) is 22.7 Å². The highest BCUT2D eigenvalue weighted by Gasteiger charge is 2.21. The van der Waals surface area contributed by atoms with Crippen molar-refractivity contribution >= 4 is 34.1 Å².